The predicted molar refractivity (Wildman–Crippen MR) is 95.1 cm³/mol. The van der Waals surface area contributed by atoms with Crippen LogP contribution in [0.15, 0.2) is 42.5 Å². The Labute approximate surface area is 147 Å². The van der Waals surface area contributed by atoms with E-state index in [0.29, 0.717) is 19.7 Å². The van der Waals surface area contributed by atoms with Gasteiger partial charge >= 0.3 is 0 Å². The molecule has 0 saturated carbocycles. The van der Waals surface area contributed by atoms with Crippen LogP contribution in [0.4, 0.5) is 0 Å². The molecular weight excluding hydrogens is 318 g/mol. The van der Waals surface area contributed by atoms with Crippen LogP contribution in [0, 0.1) is 12.8 Å². The Morgan fingerprint density at radius 3 is 2.52 bits per heavy atom. The molecular formula is C20H23NO4. The summed E-state index contributed by atoms with van der Waals surface area (Å²) >= 11 is 0. The average Bonchev–Trinajstić information content (AvgIpc) is 2.61. The van der Waals surface area contributed by atoms with Crippen molar-refractivity contribution in [3.05, 3.63) is 53.6 Å². The molecule has 0 aromatic heterocycles. The van der Waals surface area contributed by atoms with Crippen molar-refractivity contribution in [1.29, 1.82) is 0 Å². The van der Waals surface area contributed by atoms with E-state index in [9.17, 15) is 15.0 Å². The molecule has 1 saturated heterocycles. The fraction of sp³-hybridized carbons (Fsp3) is 0.350. The van der Waals surface area contributed by atoms with E-state index in [4.69, 9.17) is 4.74 Å². The van der Waals surface area contributed by atoms with Gasteiger partial charge in [-0.3, -0.25) is 4.79 Å². The van der Waals surface area contributed by atoms with E-state index < -0.39 is 0 Å². The zero-order chi connectivity index (χ0) is 17.8. The Morgan fingerprint density at radius 2 is 1.84 bits per heavy atom. The SMILES string of the molecule is Cc1ccc(OCC2CCCN(C(=O)c3c(O)cccc3O)C2)cc1. The number of carbonyl (C=O) groups excluding carboxylic acids is 1. The fourth-order valence-corrected chi connectivity index (χ4v) is 3.14. The van der Waals surface area contributed by atoms with E-state index >= 15 is 0 Å². The lowest BCUT2D eigenvalue weighted by Crippen LogP contribution is -2.41. The van der Waals surface area contributed by atoms with E-state index in [1.165, 1.54) is 23.8 Å². The zero-order valence-corrected chi connectivity index (χ0v) is 14.3. The van der Waals surface area contributed by atoms with Gasteiger partial charge in [-0.15, -0.1) is 0 Å². The van der Waals surface area contributed by atoms with Crippen molar-refractivity contribution < 1.29 is 19.7 Å². The number of ether oxygens (including phenoxy) is 1. The molecule has 5 heteroatoms. The summed E-state index contributed by atoms with van der Waals surface area (Å²) in [6.45, 7) is 3.74. The number of hydrogen-bond donors (Lipinski definition) is 2. The van der Waals surface area contributed by atoms with Crippen LogP contribution in [0.2, 0.25) is 0 Å². The molecule has 0 radical (unpaired) electrons. The molecule has 25 heavy (non-hydrogen) atoms. The average molecular weight is 341 g/mol. The Morgan fingerprint density at radius 1 is 1.16 bits per heavy atom. The Kier molecular flexibility index (Phi) is 5.12. The maximum Gasteiger partial charge on any atom is 0.261 e. The summed E-state index contributed by atoms with van der Waals surface area (Å²) in [5.41, 5.74) is 1.16. The molecule has 1 atom stereocenters. The maximum atomic E-state index is 12.7. The minimum Gasteiger partial charge on any atom is -0.507 e. The van der Waals surface area contributed by atoms with Crippen molar-refractivity contribution in [3.63, 3.8) is 0 Å². The normalized spacial score (nSPS) is 17.3. The lowest BCUT2D eigenvalue weighted by Gasteiger charge is -2.33. The number of hydrogen-bond acceptors (Lipinski definition) is 4. The van der Waals surface area contributed by atoms with Gasteiger partial charge in [0, 0.05) is 19.0 Å². The van der Waals surface area contributed by atoms with Gasteiger partial charge in [0.25, 0.3) is 5.91 Å². The topological polar surface area (TPSA) is 70.0 Å². The van der Waals surface area contributed by atoms with E-state index in [-0.39, 0.29) is 28.9 Å². The molecule has 0 bridgehead atoms. The molecule has 1 heterocycles. The molecule has 1 fully saturated rings. The smallest absolute Gasteiger partial charge is 0.261 e. The van der Waals surface area contributed by atoms with Crippen LogP contribution in [0.25, 0.3) is 0 Å². The van der Waals surface area contributed by atoms with Gasteiger partial charge in [-0.1, -0.05) is 23.8 Å². The summed E-state index contributed by atoms with van der Waals surface area (Å²) in [7, 11) is 0. The molecule has 2 aromatic carbocycles. The number of aromatic hydroxyl groups is 2. The first-order valence-electron chi connectivity index (χ1n) is 8.54. The van der Waals surface area contributed by atoms with Crippen LogP contribution in [0.1, 0.15) is 28.8 Å². The van der Waals surface area contributed by atoms with Crippen molar-refractivity contribution in [3.8, 4) is 17.2 Å². The third-order valence-electron chi connectivity index (χ3n) is 4.55. The fourth-order valence-electron chi connectivity index (χ4n) is 3.14. The van der Waals surface area contributed by atoms with E-state index in [1.54, 1.807) is 4.90 Å². The molecule has 1 amide bonds. The van der Waals surface area contributed by atoms with Crippen LogP contribution in [-0.2, 0) is 0 Å². The van der Waals surface area contributed by atoms with Crippen LogP contribution in [0.3, 0.4) is 0 Å². The molecule has 132 valence electrons. The van der Waals surface area contributed by atoms with Gasteiger partial charge in [-0.2, -0.15) is 0 Å². The number of amides is 1. The molecule has 0 spiro atoms. The second-order valence-electron chi connectivity index (χ2n) is 6.55. The van der Waals surface area contributed by atoms with Crippen molar-refractivity contribution in [2.45, 2.75) is 19.8 Å². The molecule has 1 aliphatic heterocycles. The van der Waals surface area contributed by atoms with Crippen molar-refractivity contribution in [2.75, 3.05) is 19.7 Å². The minimum atomic E-state index is -0.337. The summed E-state index contributed by atoms with van der Waals surface area (Å²) in [5.74, 6) is 0.334. The van der Waals surface area contributed by atoms with Gasteiger partial charge in [0.05, 0.1) is 6.61 Å². The standard InChI is InChI=1S/C20H23NO4/c1-14-7-9-16(10-8-14)25-13-15-4-3-11-21(12-15)20(24)19-17(22)5-2-6-18(19)23/h2,5-10,15,22-23H,3-4,11-13H2,1H3. The summed E-state index contributed by atoms with van der Waals surface area (Å²) in [6, 6.07) is 12.2. The molecule has 2 N–H and O–H groups in total. The molecule has 3 rings (SSSR count). The highest BCUT2D eigenvalue weighted by atomic mass is 16.5. The first kappa shape index (κ1) is 17.1. The summed E-state index contributed by atoms with van der Waals surface area (Å²) in [6.07, 6.45) is 1.87. The number of benzene rings is 2. The minimum absolute atomic E-state index is 0.0254. The molecule has 2 aromatic rings. The second-order valence-corrected chi connectivity index (χ2v) is 6.55. The second kappa shape index (κ2) is 7.47. The monoisotopic (exact) mass is 341 g/mol. The van der Waals surface area contributed by atoms with Gasteiger partial charge < -0.3 is 19.8 Å². The van der Waals surface area contributed by atoms with Gasteiger partial charge in [0.2, 0.25) is 0 Å². The highest BCUT2D eigenvalue weighted by Gasteiger charge is 2.28. The highest BCUT2D eigenvalue weighted by Crippen LogP contribution is 2.29. The maximum absolute atomic E-state index is 12.7. The highest BCUT2D eigenvalue weighted by molar-refractivity contribution is 5.99. The van der Waals surface area contributed by atoms with E-state index in [0.717, 1.165) is 18.6 Å². The molecule has 5 nitrogen and oxygen atoms in total. The number of piperidine rings is 1. The van der Waals surface area contributed by atoms with Crippen molar-refractivity contribution in [1.82, 2.24) is 4.90 Å². The lowest BCUT2D eigenvalue weighted by atomic mass is 9.98. The number of nitrogens with zero attached hydrogens (tertiary/aromatic N) is 1. The van der Waals surface area contributed by atoms with Crippen molar-refractivity contribution >= 4 is 5.91 Å². The van der Waals surface area contributed by atoms with Crippen LogP contribution in [0.5, 0.6) is 17.2 Å². The first-order valence-corrected chi connectivity index (χ1v) is 8.54. The van der Waals surface area contributed by atoms with Crippen molar-refractivity contribution in [2.24, 2.45) is 5.92 Å². The Bertz CT molecular complexity index is 722. The largest absolute Gasteiger partial charge is 0.507 e. The number of aryl methyl sites for hydroxylation is 1. The number of rotatable bonds is 4. The van der Waals surface area contributed by atoms with Crippen LogP contribution >= 0.6 is 0 Å². The van der Waals surface area contributed by atoms with E-state index in [1.807, 2.05) is 31.2 Å². The van der Waals surface area contributed by atoms with Gasteiger partial charge in [-0.05, 0) is 44.0 Å². The third-order valence-corrected chi connectivity index (χ3v) is 4.55. The summed E-state index contributed by atoms with van der Waals surface area (Å²) in [5, 5.41) is 19.8. The number of likely N-dealkylation sites (tertiary alicyclic amines) is 1. The quantitative estimate of drug-likeness (QED) is 0.895. The molecule has 1 unspecified atom stereocenters. The third kappa shape index (κ3) is 4.05. The Hall–Kier alpha value is -2.69. The number of carbonyl (C=O) groups is 1. The van der Waals surface area contributed by atoms with Crippen LogP contribution in [-0.4, -0.2) is 40.7 Å². The number of phenolic OH excluding ortho intramolecular Hbond substituents is 2. The summed E-state index contributed by atoms with van der Waals surface area (Å²) in [4.78, 5) is 14.3. The molecule has 0 aliphatic carbocycles. The van der Waals surface area contributed by atoms with Gasteiger partial charge in [0.15, 0.2) is 0 Å². The zero-order valence-electron chi connectivity index (χ0n) is 14.3. The van der Waals surface area contributed by atoms with Crippen LogP contribution < -0.4 is 4.74 Å². The Balaban J connectivity index is 1.62. The molecule has 1 aliphatic rings. The predicted octanol–water partition coefficient (Wildman–Crippen LogP) is 3.34. The van der Waals surface area contributed by atoms with Gasteiger partial charge in [-0.25, -0.2) is 0 Å². The van der Waals surface area contributed by atoms with Gasteiger partial charge in [0.1, 0.15) is 22.8 Å². The number of phenols is 2. The van der Waals surface area contributed by atoms with E-state index in [2.05, 4.69) is 0 Å². The summed E-state index contributed by atoms with van der Waals surface area (Å²) < 4.78 is 5.84. The first-order chi connectivity index (χ1) is 12.0. The lowest BCUT2D eigenvalue weighted by molar-refractivity contribution is 0.0627.